The van der Waals surface area contributed by atoms with Gasteiger partial charge in [-0.15, -0.1) is 11.3 Å². The molecule has 0 aromatic carbocycles. The number of hydrogen-bond acceptors (Lipinski definition) is 6. The summed E-state index contributed by atoms with van der Waals surface area (Å²) in [4.78, 5) is 33.6. The average molecular weight is 349 g/mol. The number of nitrogens with one attached hydrogen (secondary N) is 1. The number of nitrogens with zero attached hydrogens (tertiary/aromatic N) is 4. The van der Waals surface area contributed by atoms with Crippen LogP contribution in [0.5, 0.6) is 0 Å². The zero-order valence-electron chi connectivity index (χ0n) is 13.9. The lowest BCUT2D eigenvalue weighted by atomic mass is 10.2. The fraction of sp³-hybridized carbons (Fsp3) is 0.400. The smallest absolute Gasteiger partial charge is 0.320 e. The number of amides is 2. The maximum atomic E-state index is 12.4. The first-order chi connectivity index (χ1) is 11.3. The molecule has 0 bridgehead atoms. The number of urea groups is 1. The van der Waals surface area contributed by atoms with Crippen molar-refractivity contribution in [2.75, 3.05) is 12.4 Å². The molecule has 2 heterocycles. The van der Waals surface area contributed by atoms with Gasteiger partial charge in [-0.1, -0.05) is 6.92 Å². The third-order valence-electron chi connectivity index (χ3n) is 3.70. The molecular formula is C15H19N5O3S. The third-order valence-corrected chi connectivity index (χ3v) is 5.17. The van der Waals surface area contributed by atoms with Gasteiger partial charge in [0.25, 0.3) is 0 Å². The van der Waals surface area contributed by atoms with Crippen molar-refractivity contribution in [3.63, 3.8) is 0 Å². The molecule has 24 heavy (non-hydrogen) atoms. The van der Waals surface area contributed by atoms with Gasteiger partial charge < -0.3 is 10.2 Å². The normalized spacial score (nSPS) is 11.8. The van der Waals surface area contributed by atoms with E-state index in [1.165, 1.54) is 17.2 Å². The second kappa shape index (κ2) is 7.35. The monoisotopic (exact) mass is 349 g/mol. The van der Waals surface area contributed by atoms with Crippen LogP contribution in [-0.2, 0) is 6.42 Å². The number of nitro groups is 1. The van der Waals surface area contributed by atoms with Crippen LogP contribution in [0.1, 0.15) is 35.5 Å². The van der Waals surface area contributed by atoms with Gasteiger partial charge in [-0.05, 0) is 26.3 Å². The highest BCUT2D eigenvalue weighted by Gasteiger charge is 2.24. The zero-order valence-corrected chi connectivity index (χ0v) is 14.8. The van der Waals surface area contributed by atoms with E-state index in [9.17, 15) is 14.9 Å². The molecule has 0 saturated heterocycles. The molecule has 0 aliphatic rings. The predicted octanol–water partition coefficient (Wildman–Crippen LogP) is 3.54. The number of rotatable bonds is 5. The number of thiazole rings is 1. The Hall–Kier alpha value is -2.55. The second-order valence-corrected chi connectivity index (χ2v) is 6.39. The summed E-state index contributed by atoms with van der Waals surface area (Å²) in [6.07, 6.45) is 3.35. The molecule has 2 amide bonds. The first-order valence-corrected chi connectivity index (χ1v) is 8.25. The summed E-state index contributed by atoms with van der Waals surface area (Å²) < 4.78 is 0. The van der Waals surface area contributed by atoms with Gasteiger partial charge in [0.05, 0.1) is 21.7 Å². The number of pyridine rings is 1. The molecule has 128 valence electrons. The number of hydrogen-bond donors (Lipinski definition) is 1. The molecule has 1 atom stereocenters. The first kappa shape index (κ1) is 17.8. The fourth-order valence-electron chi connectivity index (χ4n) is 2.20. The summed E-state index contributed by atoms with van der Waals surface area (Å²) in [5, 5.41) is 14.6. The van der Waals surface area contributed by atoms with E-state index in [1.54, 1.807) is 18.4 Å². The lowest BCUT2D eigenvalue weighted by Gasteiger charge is -2.24. The molecule has 8 nitrogen and oxygen atoms in total. The number of carbonyl (C=O) groups is 1. The molecule has 0 aliphatic heterocycles. The van der Waals surface area contributed by atoms with Crippen molar-refractivity contribution >= 4 is 28.7 Å². The highest BCUT2D eigenvalue weighted by molar-refractivity contribution is 7.11. The van der Waals surface area contributed by atoms with Gasteiger partial charge in [0.1, 0.15) is 11.9 Å². The predicted molar refractivity (Wildman–Crippen MR) is 92.3 cm³/mol. The van der Waals surface area contributed by atoms with Crippen LogP contribution in [-0.4, -0.2) is 32.9 Å². The molecule has 0 fully saturated rings. The van der Waals surface area contributed by atoms with Crippen molar-refractivity contribution in [2.45, 2.75) is 33.2 Å². The molecule has 0 aliphatic carbocycles. The Kier molecular flexibility index (Phi) is 5.45. The Morgan fingerprint density at radius 3 is 2.83 bits per heavy atom. The van der Waals surface area contributed by atoms with Gasteiger partial charge in [-0.25, -0.2) is 9.78 Å². The molecule has 1 N–H and O–H groups in total. The summed E-state index contributed by atoms with van der Waals surface area (Å²) in [6.45, 7) is 5.85. The molecule has 0 unspecified atom stereocenters. The number of aromatic nitrogens is 2. The van der Waals surface area contributed by atoms with Gasteiger partial charge in [0.2, 0.25) is 0 Å². The molecular weight excluding hydrogens is 330 g/mol. The summed E-state index contributed by atoms with van der Waals surface area (Å²) >= 11 is 1.58. The van der Waals surface area contributed by atoms with Crippen LogP contribution in [0.4, 0.5) is 16.2 Å². The number of anilines is 1. The minimum atomic E-state index is -0.576. The van der Waals surface area contributed by atoms with Gasteiger partial charge >= 0.3 is 11.7 Å². The number of aryl methyl sites for hydroxylation is 2. The lowest BCUT2D eigenvalue weighted by Crippen LogP contribution is -2.33. The van der Waals surface area contributed by atoms with Crippen molar-refractivity contribution in [3.05, 3.63) is 44.2 Å². The second-order valence-electron chi connectivity index (χ2n) is 5.28. The van der Waals surface area contributed by atoms with Crippen LogP contribution in [0.3, 0.4) is 0 Å². The summed E-state index contributed by atoms with van der Waals surface area (Å²) in [7, 11) is 1.65. The highest BCUT2D eigenvalue weighted by atomic mass is 32.1. The molecule has 9 heteroatoms. The van der Waals surface area contributed by atoms with Gasteiger partial charge in [0.15, 0.2) is 0 Å². The first-order valence-electron chi connectivity index (χ1n) is 7.43. The SMILES string of the molecule is CCc1nc(C)c([C@H](C)N(C)C(=O)Nc2ccncc2[N+](=O)[O-])s1. The Morgan fingerprint density at radius 1 is 1.54 bits per heavy atom. The van der Waals surface area contributed by atoms with Crippen LogP contribution in [0.25, 0.3) is 0 Å². The van der Waals surface area contributed by atoms with Crippen LogP contribution in [0, 0.1) is 17.0 Å². The van der Waals surface area contributed by atoms with E-state index in [-0.39, 0.29) is 17.4 Å². The summed E-state index contributed by atoms with van der Waals surface area (Å²) in [5.41, 5.74) is 0.780. The van der Waals surface area contributed by atoms with E-state index in [0.717, 1.165) is 28.2 Å². The van der Waals surface area contributed by atoms with Crippen molar-refractivity contribution < 1.29 is 9.72 Å². The summed E-state index contributed by atoms with van der Waals surface area (Å²) in [5.74, 6) is 0. The van der Waals surface area contributed by atoms with E-state index >= 15 is 0 Å². The molecule has 2 aromatic heterocycles. The minimum absolute atomic E-state index is 0.120. The largest absolute Gasteiger partial charge is 0.322 e. The van der Waals surface area contributed by atoms with Crippen molar-refractivity contribution in [1.82, 2.24) is 14.9 Å². The fourth-order valence-corrected chi connectivity index (χ4v) is 3.30. The van der Waals surface area contributed by atoms with E-state index in [1.807, 2.05) is 20.8 Å². The Labute approximate surface area is 143 Å². The van der Waals surface area contributed by atoms with Crippen molar-refractivity contribution in [1.29, 1.82) is 0 Å². The molecule has 2 aromatic rings. The Morgan fingerprint density at radius 2 is 2.25 bits per heavy atom. The van der Waals surface area contributed by atoms with Crippen LogP contribution >= 0.6 is 11.3 Å². The molecule has 0 saturated carbocycles. The van der Waals surface area contributed by atoms with Crippen molar-refractivity contribution in [2.24, 2.45) is 0 Å². The van der Waals surface area contributed by atoms with Gasteiger partial charge in [-0.2, -0.15) is 0 Å². The zero-order chi connectivity index (χ0) is 17.9. The van der Waals surface area contributed by atoms with Gasteiger partial charge in [-0.3, -0.25) is 15.1 Å². The minimum Gasteiger partial charge on any atom is -0.320 e. The van der Waals surface area contributed by atoms with E-state index in [2.05, 4.69) is 15.3 Å². The van der Waals surface area contributed by atoms with Gasteiger partial charge in [0, 0.05) is 18.1 Å². The topological polar surface area (TPSA) is 101 Å². The van der Waals surface area contributed by atoms with E-state index < -0.39 is 11.0 Å². The van der Waals surface area contributed by atoms with E-state index in [4.69, 9.17) is 0 Å². The summed E-state index contributed by atoms with van der Waals surface area (Å²) in [6, 6.07) is 0.785. The van der Waals surface area contributed by atoms with E-state index in [0.29, 0.717) is 0 Å². The average Bonchev–Trinajstić information content (AvgIpc) is 2.94. The van der Waals surface area contributed by atoms with Crippen LogP contribution in [0.15, 0.2) is 18.5 Å². The standard InChI is InChI=1S/C15H19N5O3S/c1-5-13-17-9(2)14(24-13)10(3)19(4)15(21)18-11-6-7-16-8-12(11)20(22)23/h6-8,10H,5H2,1-4H3,(H,16,18,21)/t10-/m0/s1. The molecule has 0 radical (unpaired) electrons. The highest BCUT2D eigenvalue weighted by Crippen LogP contribution is 2.30. The maximum Gasteiger partial charge on any atom is 0.322 e. The number of carbonyl (C=O) groups excluding carboxylic acids is 1. The Balaban J connectivity index is 2.17. The maximum absolute atomic E-state index is 12.4. The molecule has 0 spiro atoms. The Bertz CT molecular complexity index is 761. The van der Waals surface area contributed by atoms with Crippen LogP contribution in [0.2, 0.25) is 0 Å². The quantitative estimate of drug-likeness (QED) is 0.657. The molecule has 2 rings (SSSR count). The van der Waals surface area contributed by atoms with Crippen molar-refractivity contribution in [3.8, 4) is 0 Å². The third kappa shape index (κ3) is 3.67. The lowest BCUT2D eigenvalue weighted by molar-refractivity contribution is -0.384. The van der Waals surface area contributed by atoms with Crippen LogP contribution < -0.4 is 5.32 Å².